The van der Waals surface area contributed by atoms with Crippen LogP contribution in [-0.4, -0.2) is 27.9 Å². The molecule has 2 fully saturated rings. The van der Waals surface area contributed by atoms with Crippen LogP contribution in [0, 0.1) is 0 Å². The lowest BCUT2D eigenvalue weighted by molar-refractivity contribution is 0.392. The molecule has 0 bridgehead atoms. The van der Waals surface area contributed by atoms with Crippen molar-refractivity contribution < 1.29 is 0 Å². The van der Waals surface area contributed by atoms with Gasteiger partial charge in [0.1, 0.15) is 12.2 Å². The summed E-state index contributed by atoms with van der Waals surface area (Å²) < 4.78 is 2.32. The molecule has 1 N–H and O–H groups in total. The summed E-state index contributed by atoms with van der Waals surface area (Å²) in [5, 5.41) is 11.6. The quantitative estimate of drug-likeness (QED) is 0.762. The Morgan fingerprint density at radius 1 is 1.29 bits per heavy atom. The van der Waals surface area contributed by atoms with Crippen LogP contribution in [0.1, 0.15) is 43.5 Å². The van der Waals surface area contributed by atoms with Crippen LogP contribution in [0.3, 0.4) is 0 Å². The van der Waals surface area contributed by atoms with Crippen LogP contribution in [0.2, 0.25) is 0 Å². The van der Waals surface area contributed by atoms with Gasteiger partial charge in [-0.15, -0.1) is 10.2 Å². The van der Waals surface area contributed by atoms with Crippen LogP contribution in [0.5, 0.6) is 0 Å². The van der Waals surface area contributed by atoms with Gasteiger partial charge in [0.2, 0.25) is 0 Å². The predicted octanol–water partition coefficient (Wildman–Crippen LogP) is 1.08. The number of hydrogen-bond acceptors (Lipinski definition) is 3. The summed E-state index contributed by atoms with van der Waals surface area (Å²) in [6.07, 6.45) is 7.27. The molecule has 0 radical (unpaired) electrons. The maximum atomic E-state index is 4.26. The molecule has 0 aromatic carbocycles. The largest absolute Gasteiger partial charge is 0.315 e. The van der Waals surface area contributed by atoms with Gasteiger partial charge in [-0.1, -0.05) is 12.8 Å². The fourth-order valence-corrected chi connectivity index (χ4v) is 2.48. The van der Waals surface area contributed by atoms with E-state index in [9.17, 15) is 0 Å². The van der Waals surface area contributed by atoms with Crippen molar-refractivity contribution in [1.82, 2.24) is 20.1 Å². The average Bonchev–Trinajstić information content (AvgIpc) is 2.66. The van der Waals surface area contributed by atoms with Crippen molar-refractivity contribution in [3.05, 3.63) is 12.2 Å². The second-order valence-electron chi connectivity index (χ2n) is 4.39. The van der Waals surface area contributed by atoms with Crippen molar-refractivity contribution in [1.29, 1.82) is 0 Å². The third kappa shape index (κ3) is 1.25. The van der Waals surface area contributed by atoms with E-state index in [1.54, 1.807) is 0 Å². The summed E-state index contributed by atoms with van der Waals surface area (Å²) in [6, 6.07) is 0.681. The molecule has 2 heterocycles. The van der Waals surface area contributed by atoms with E-state index in [2.05, 4.69) is 20.1 Å². The Morgan fingerprint density at radius 3 is 2.71 bits per heavy atom. The topological polar surface area (TPSA) is 42.7 Å². The molecule has 1 saturated heterocycles. The van der Waals surface area contributed by atoms with Gasteiger partial charge in [0.05, 0.1) is 0 Å². The minimum atomic E-state index is 0.609. The van der Waals surface area contributed by atoms with Gasteiger partial charge >= 0.3 is 0 Å². The molecular formula is C10H16N4. The van der Waals surface area contributed by atoms with Crippen LogP contribution >= 0.6 is 0 Å². The van der Waals surface area contributed by atoms with E-state index in [1.807, 2.05) is 6.33 Å². The molecule has 4 heteroatoms. The number of rotatable bonds is 2. The van der Waals surface area contributed by atoms with Gasteiger partial charge in [-0.25, -0.2) is 0 Å². The summed E-state index contributed by atoms with van der Waals surface area (Å²) in [7, 11) is 0. The summed E-state index contributed by atoms with van der Waals surface area (Å²) in [4.78, 5) is 0. The number of hydrogen-bond donors (Lipinski definition) is 1. The first-order valence-electron chi connectivity index (χ1n) is 5.55. The summed E-state index contributed by atoms with van der Waals surface area (Å²) in [6.45, 7) is 2.15. The highest BCUT2D eigenvalue weighted by molar-refractivity contribution is 5.05. The molecule has 0 atom stereocenters. The van der Waals surface area contributed by atoms with E-state index in [1.165, 1.54) is 31.5 Å². The molecule has 14 heavy (non-hydrogen) atoms. The van der Waals surface area contributed by atoms with Crippen LogP contribution in [0.25, 0.3) is 0 Å². The van der Waals surface area contributed by atoms with E-state index < -0.39 is 0 Å². The van der Waals surface area contributed by atoms with Crippen molar-refractivity contribution in [2.45, 2.75) is 37.6 Å². The fraction of sp³-hybridized carbons (Fsp3) is 0.800. The Bertz CT molecular complexity index is 310. The van der Waals surface area contributed by atoms with E-state index in [0.29, 0.717) is 12.0 Å². The number of nitrogens with one attached hydrogen (secondary N) is 1. The normalized spacial score (nSPS) is 24.0. The predicted molar refractivity (Wildman–Crippen MR) is 53.1 cm³/mol. The second-order valence-corrected chi connectivity index (χ2v) is 4.39. The van der Waals surface area contributed by atoms with Gasteiger partial charge in [-0.2, -0.15) is 0 Å². The molecule has 1 aromatic heterocycles. The zero-order valence-corrected chi connectivity index (χ0v) is 8.32. The maximum absolute atomic E-state index is 4.26. The lowest BCUT2D eigenvalue weighted by atomic mass is 10.0. The highest BCUT2D eigenvalue weighted by Crippen LogP contribution is 2.32. The van der Waals surface area contributed by atoms with E-state index in [-0.39, 0.29) is 0 Å². The minimum absolute atomic E-state index is 0.609. The van der Waals surface area contributed by atoms with Crippen LogP contribution in [0.4, 0.5) is 0 Å². The molecule has 1 aliphatic heterocycles. The zero-order valence-electron chi connectivity index (χ0n) is 8.32. The minimum Gasteiger partial charge on any atom is -0.315 e. The molecule has 1 aromatic rings. The fourth-order valence-electron chi connectivity index (χ4n) is 2.48. The van der Waals surface area contributed by atoms with Gasteiger partial charge in [-0.3, -0.25) is 0 Å². The molecule has 0 amide bonds. The average molecular weight is 192 g/mol. The van der Waals surface area contributed by atoms with E-state index in [0.717, 1.165) is 13.1 Å². The molecule has 4 nitrogen and oxygen atoms in total. The van der Waals surface area contributed by atoms with Gasteiger partial charge in [0.25, 0.3) is 0 Å². The molecule has 1 aliphatic carbocycles. The van der Waals surface area contributed by atoms with E-state index in [4.69, 9.17) is 0 Å². The van der Waals surface area contributed by atoms with Crippen molar-refractivity contribution in [2.75, 3.05) is 13.1 Å². The van der Waals surface area contributed by atoms with Crippen molar-refractivity contribution in [3.63, 3.8) is 0 Å². The number of aromatic nitrogens is 3. The lowest BCUT2D eigenvalue weighted by Crippen LogP contribution is -2.41. The molecule has 1 saturated carbocycles. The van der Waals surface area contributed by atoms with Gasteiger partial charge < -0.3 is 9.88 Å². The van der Waals surface area contributed by atoms with Crippen LogP contribution in [-0.2, 0) is 0 Å². The maximum Gasteiger partial charge on any atom is 0.138 e. The SMILES string of the molecule is c1nnc(C2CNC2)n1C1CCCC1. The Balaban J connectivity index is 1.85. The molecular weight excluding hydrogens is 176 g/mol. The Morgan fingerprint density at radius 2 is 2.07 bits per heavy atom. The van der Waals surface area contributed by atoms with E-state index >= 15 is 0 Å². The highest BCUT2D eigenvalue weighted by Gasteiger charge is 2.27. The first-order chi connectivity index (χ1) is 6.95. The molecule has 0 spiro atoms. The van der Waals surface area contributed by atoms with Crippen LogP contribution < -0.4 is 5.32 Å². The number of nitrogens with zero attached hydrogens (tertiary/aromatic N) is 3. The molecule has 0 unspecified atom stereocenters. The first kappa shape index (κ1) is 8.41. The molecule has 2 aliphatic rings. The Labute approximate surface area is 83.7 Å². The summed E-state index contributed by atoms with van der Waals surface area (Å²) >= 11 is 0. The standard InChI is InChI=1S/C10H16N4/c1-2-4-9(3-1)14-7-12-13-10(14)8-5-11-6-8/h7-9,11H,1-6H2. The first-order valence-corrected chi connectivity index (χ1v) is 5.55. The third-order valence-electron chi connectivity index (χ3n) is 3.47. The van der Waals surface area contributed by atoms with Crippen molar-refractivity contribution in [3.8, 4) is 0 Å². The summed E-state index contributed by atoms with van der Waals surface area (Å²) in [5.41, 5.74) is 0. The Kier molecular flexibility index (Phi) is 2.01. The van der Waals surface area contributed by atoms with Crippen LogP contribution in [0.15, 0.2) is 6.33 Å². The smallest absolute Gasteiger partial charge is 0.138 e. The lowest BCUT2D eigenvalue weighted by Gasteiger charge is -2.27. The van der Waals surface area contributed by atoms with Crippen molar-refractivity contribution >= 4 is 0 Å². The van der Waals surface area contributed by atoms with Gasteiger partial charge in [-0.05, 0) is 12.8 Å². The molecule has 3 rings (SSSR count). The monoisotopic (exact) mass is 192 g/mol. The summed E-state index contributed by atoms with van der Waals surface area (Å²) in [5.74, 6) is 1.81. The Hall–Kier alpha value is -0.900. The molecule has 76 valence electrons. The second kappa shape index (κ2) is 3.35. The van der Waals surface area contributed by atoms with Gasteiger partial charge in [0, 0.05) is 25.0 Å². The highest BCUT2D eigenvalue weighted by atomic mass is 15.3. The zero-order chi connectivity index (χ0) is 9.38. The van der Waals surface area contributed by atoms with Crippen molar-refractivity contribution in [2.24, 2.45) is 0 Å². The third-order valence-corrected chi connectivity index (χ3v) is 3.47. The van der Waals surface area contributed by atoms with Gasteiger partial charge in [0.15, 0.2) is 0 Å².